The topological polar surface area (TPSA) is 112 Å². The monoisotopic (exact) mass is 202 g/mol. The van der Waals surface area contributed by atoms with Crippen LogP contribution in [0.15, 0.2) is 0 Å². The molecule has 14 heavy (non-hydrogen) atoms. The molecule has 1 radical (unpaired) electrons. The van der Waals surface area contributed by atoms with E-state index in [4.69, 9.17) is 10.2 Å². The molecule has 0 rings (SSSR count). The van der Waals surface area contributed by atoms with E-state index < -0.39 is 37.4 Å². The van der Waals surface area contributed by atoms with Crippen LogP contribution in [0.1, 0.15) is 6.42 Å². The Morgan fingerprint density at radius 1 is 1.07 bits per heavy atom. The maximum atomic E-state index is 11.0. The molecular formula is C7H8NO6. The van der Waals surface area contributed by atoms with Crippen LogP contribution in [0, 0.1) is 0 Å². The summed E-state index contributed by atoms with van der Waals surface area (Å²) in [5, 5.41) is 16.7. The van der Waals surface area contributed by atoms with E-state index in [0.717, 1.165) is 0 Å². The Morgan fingerprint density at radius 2 is 1.50 bits per heavy atom. The number of aliphatic carboxylic acids is 2. The van der Waals surface area contributed by atoms with Gasteiger partial charge in [0.05, 0.1) is 6.42 Å². The summed E-state index contributed by atoms with van der Waals surface area (Å²) in [5.41, 5.74) is 0. The van der Waals surface area contributed by atoms with Crippen molar-refractivity contribution in [2.24, 2.45) is 0 Å². The molecule has 77 valence electrons. The lowest BCUT2D eigenvalue weighted by atomic mass is 10.3. The normalized spacial score (nSPS) is 9.14. The molecule has 1 amide bonds. The molecule has 0 saturated heterocycles. The van der Waals surface area contributed by atoms with Crippen molar-refractivity contribution in [3.63, 3.8) is 0 Å². The van der Waals surface area contributed by atoms with Gasteiger partial charge in [-0.1, -0.05) is 0 Å². The van der Waals surface area contributed by atoms with Crippen LogP contribution in [0.2, 0.25) is 0 Å². The second kappa shape index (κ2) is 5.68. The summed E-state index contributed by atoms with van der Waals surface area (Å²) in [6, 6.07) is 0. The molecule has 2 N–H and O–H groups in total. The van der Waals surface area contributed by atoms with Gasteiger partial charge in [-0.3, -0.25) is 19.2 Å². The van der Waals surface area contributed by atoms with Gasteiger partial charge >= 0.3 is 11.9 Å². The van der Waals surface area contributed by atoms with Crippen molar-refractivity contribution in [2.75, 3.05) is 13.1 Å². The van der Waals surface area contributed by atoms with Crippen molar-refractivity contribution in [3.05, 3.63) is 0 Å². The van der Waals surface area contributed by atoms with Crippen LogP contribution in [0.3, 0.4) is 0 Å². The van der Waals surface area contributed by atoms with E-state index in [2.05, 4.69) is 0 Å². The minimum atomic E-state index is -1.34. The van der Waals surface area contributed by atoms with E-state index in [-0.39, 0.29) is 0 Å². The largest absolute Gasteiger partial charge is 0.480 e. The minimum Gasteiger partial charge on any atom is -0.480 e. The summed E-state index contributed by atoms with van der Waals surface area (Å²) < 4.78 is 0. The highest BCUT2D eigenvalue weighted by Crippen LogP contribution is 1.92. The van der Waals surface area contributed by atoms with Gasteiger partial charge < -0.3 is 15.1 Å². The predicted octanol–water partition coefficient (Wildman–Crippen LogP) is -1.52. The molecule has 7 heteroatoms. The number of carboxylic acids is 2. The Bertz CT molecular complexity index is 245. The quantitative estimate of drug-likeness (QED) is 0.506. The molecule has 0 aliphatic rings. The van der Waals surface area contributed by atoms with Crippen LogP contribution >= 0.6 is 0 Å². The fourth-order valence-corrected chi connectivity index (χ4v) is 0.732. The lowest BCUT2D eigenvalue weighted by Crippen LogP contribution is -2.39. The first-order valence-corrected chi connectivity index (χ1v) is 3.53. The lowest BCUT2D eigenvalue weighted by molar-refractivity contribution is -0.148. The minimum absolute atomic E-state index is 0.551. The lowest BCUT2D eigenvalue weighted by Gasteiger charge is -2.16. The first-order chi connectivity index (χ1) is 6.47. The number of carbonyl (C=O) groups is 3. The van der Waals surface area contributed by atoms with Gasteiger partial charge in [-0.15, -0.1) is 0 Å². The summed E-state index contributed by atoms with van der Waals surface area (Å²) in [5.74, 6) is -3.55. The van der Waals surface area contributed by atoms with Gasteiger partial charge in [0.1, 0.15) is 13.1 Å². The van der Waals surface area contributed by atoms with Gasteiger partial charge in [-0.2, -0.15) is 0 Å². The van der Waals surface area contributed by atoms with E-state index >= 15 is 0 Å². The average molecular weight is 202 g/mol. The predicted molar refractivity (Wildman–Crippen MR) is 42.2 cm³/mol. The van der Waals surface area contributed by atoms with E-state index in [0.29, 0.717) is 4.90 Å². The maximum Gasteiger partial charge on any atom is 0.323 e. The number of hydrogen-bond donors (Lipinski definition) is 2. The number of hydrogen-bond acceptors (Lipinski definition) is 4. The van der Waals surface area contributed by atoms with E-state index in [1.165, 1.54) is 6.29 Å². The fourth-order valence-electron chi connectivity index (χ4n) is 0.732. The van der Waals surface area contributed by atoms with E-state index in [1.54, 1.807) is 0 Å². The van der Waals surface area contributed by atoms with Crippen molar-refractivity contribution in [3.8, 4) is 0 Å². The summed E-state index contributed by atoms with van der Waals surface area (Å²) >= 11 is 0. The van der Waals surface area contributed by atoms with Crippen molar-refractivity contribution >= 4 is 24.1 Å². The van der Waals surface area contributed by atoms with Crippen molar-refractivity contribution in [1.29, 1.82) is 0 Å². The maximum absolute atomic E-state index is 11.0. The zero-order chi connectivity index (χ0) is 11.1. The Morgan fingerprint density at radius 3 is 1.79 bits per heavy atom. The molecule has 0 aromatic heterocycles. The number of rotatable bonds is 6. The molecule has 0 aliphatic heterocycles. The molecule has 7 nitrogen and oxygen atoms in total. The zero-order valence-corrected chi connectivity index (χ0v) is 7.10. The summed E-state index contributed by atoms with van der Waals surface area (Å²) in [6.45, 7) is -1.49. The average Bonchev–Trinajstić information content (AvgIpc) is 2.01. The highest BCUT2D eigenvalue weighted by Gasteiger charge is 2.18. The van der Waals surface area contributed by atoms with Gasteiger partial charge in [0, 0.05) is 0 Å². The zero-order valence-electron chi connectivity index (χ0n) is 7.10. The molecule has 0 aromatic carbocycles. The summed E-state index contributed by atoms with van der Waals surface area (Å²) in [6.07, 6.45) is 0.629. The molecular weight excluding hydrogens is 194 g/mol. The van der Waals surface area contributed by atoms with Crippen LogP contribution in [0.4, 0.5) is 0 Å². The van der Waals surface area contributed by atoms with Gasteiger partial charge in [0.15, 0.2) is 0 Å². The Kier molecular flexibility index (Phi) is 4.90. The molecule has 0 aliphatic carbocycles. The molecule has 0 heterocycles. The van der Waals surface area contributed by atoms with Crippen molar-refractivity contribution in [1.82, 2.24) is 4.90 Å². The molecule has 0 atom stereocenters. The standard InChI is InChI=1S/C7H8NO6/c9-2-1-5(10)8(3-6(11)12)4-7(13)14/h1,3-4H2,(H,11,12)(H,13,14). The van der Waals surface area contributed by atoms with Gasteiger partial charge in [0.2, 0.25) is 12.2 Å². The third-order valence-corrected chi connectivity index (χ3v) is 1.23. The third kappa shape index (κ3) is 4.86. The second-order valence-corrected chi connectivity index (χ2v) is 2.36. The molecule has 0 bridgehead atoms. The first-order valence-electron chi connectivity index (χ1n) is 3.53. The van der Waals surface area contributed by atoms with Crippen LogP contribution in [0.25, 0.3) is 0 Å². The highest BCUT2D eigenvalue weighted by atomic mass is 16.4. The molecule has 0 unspecified atom stereocenters. The molecule has 0 fully saturated rings. The van der Waals surface area contributed by atoms with Crippen LogP contribution in [0.5, 0.6) is 0 Å². The highest BCUT2D eigenvalue weighted by molar-refractivity contribution is 5.92. The van der Waals surface area contributed by atoms with Gasteiger partial charge in [-0.25, -0.2) is 0 Å². The number of nitrogens with zero attached hydrogens (tertiary/aromatic N) is 1. The van der Waals surface area contributed by atoms with E-state index in [9.17, 15) is 19.2 Å². The molecule has 0 aromatic rings. The van der Waals surface area contributed by atoms with Gasteiger partial charge in [-0.05, 0) is 0 Å². The Balaban J connectivity index is 4.36. The fraction of sp³-hybridized carbons (Fsp3) is 0.429. The summed E-state index contributed by atoms with van der Waals surface area (Å²) in [4.78, 5) is 41.8. The van der Waals surface area contributed by atoms with Crippen molar-refractivity contribution < 1.29 is 29.4 Å². The Hall–Kier alpha value is -1.92. The third-order valence-electron chi connectivity index (χ3n) is 1.23. The van der Waals surface area contributed by atoms with Crippen molar-refractivity contribution in [2.45, 2.75) is 6.42 Å². The number of carbonyl (C=O) groups excluding carboxylic acids is 2. The Labute approximate surface area is 78.9 Å². The molecule has 0 saturated carbocycles. The number of amides is 1. The van der Waals surface area contributed by atoms with Gasteiger partial charge in [0.25, 0.3) is 0 Å². The first kappa shape index (κ1) is 12.1. The van der Waals surface area contributed by atoms with Crippen LogP contribution in [-0.4, -0.2) is 52.3 Å². The second-order valence-electron chi connectivity index (χ2n) is 2.36. The molecule has 0 spiro atoms. The SMILES string of the molecule is O=[C]CC(=O)N(CC(=O)O)CC(=O)O. The smallest absolute Gasteiger partial charge is 0.323 e. The van der Waals surface area contributed by atoms with Crippen LogP contribution in [-0.2, 0) is 19.2 Å². The summed E-state index contributed by atoms with van der Waals surface area (Å²) in [7, 11) is 0. The van der Waals surface area contributed by atoms with E-state index in [1.807, 2.05) is 0 Å². The number of carboxylic acid groups (broad SMARTS) is 2. The van der Waals surface area contributed by atoms with Crippen LogP contribution < -0.4 is 0 Å².